The van der Waals surface area contributed by atoms with Crippen molar-refractivity contribution in [3.05, 3.63) is 16.5 Å². The van der Waals surface area contributed by atoms with E-state index in [0.717, 1.165) is 6.08 Å². The van der Waals surface area contributed by atoms with E-state index >= 15 is 0 Å². The molecule has 0 aromatic carbocycles. The second kappa shape index (κ2) is 3.53. The number of rotatable bonds is 1. The van der Waals surface area contributed by atoms with Crippen LogP contribution in [0.2, 0.25) is 0 Å². The Hall–Kier alpha value is -1.10. The minimum absolute atomic E-state index is 0.123. The highest BCUT2D eigenvalue weighted by molar-refractivity contribution is 7.83. The SMILES string of the molecule is [N-]=[N+]=C1C=C(S(=O)O)CCC1=O. The Kier molecular flexibility index (Phi) is 2.65. The van der Waals surface area contributed by atoms with E-state index in [1.807, 2.05) is 0 Å². The van der Waals surface area contributed by atoms with Gasteiger partial charge < -0.3 is 10.1 Å². The number of nitrogens with zero attached hydrogens (tertiary/aromatic N) is 2. The lowest BCUT2D eigenvalue weighted by Gasteiger charge is -2.03. The van der Waals surface area contributed by atoms with Gasteiger partial charge in [0.2, 0.25) is 5.78 Å². The van der Waals surface area contributed by atoms with Gasteiger partial charge in [-0.25, -0.2) is 4.21 Å². The first-order valence-electron chi connectivity index (χ1n) is 3.22. The number of hydrogen-bond donors (Lipinski definition) is 1. The van der Waals surface area contributed by atoms with E-state index in [0.29, 0.717) is 0 Å². The van der Waals surface area contributed by atoms with Crippen LogP contribution < -0.4 is 0 Å². The van der Waals surface area contributed by atoms with E-state index in [1.54, 1.807) is 0 Å². The van der Waals surface area contributed by atoms with Crippen LogP contribution in [0.3, 0.4) is 0 Å². The standard InChI is InChI=1S/C6H6N2O3S/c7-8-5-3-4(12(10)11)1-2-6(5)9/h3H,1-2H2,(H,10,11). The molecule has 1 atom stereocenters. The predicted molar refractivity (Wildman–Crippen MR) is 41.7 cm³/mol. The fourth-order valence-corrected chi connectivity index (χ4v) is 1.38. The van der Waals surface area contributed by atoms with Crippen LogP contribution >= 0.6 is 0 Å². The third-order valence-corrected chi connectivity index (χ3v) is 2.28. The number of allylic oxidation sites excluding steroid dienone is 2. The van der Waals surface area contributed by atoms with Gasteiger partial charge in [0.05, 0.1) is 4.91 Å². The number of carbonyl (C=O) groups is 1. The van der Waals surface area contributed by atoms with E-state index in [4.69, 9.17) is 10.1 Å². The first kappa shape index (κ1) is 8.99. The zero-order chi connectivity index (χ0) is 9.14. The van der Waals surface area contributed by atoms with Gasteiger partial charge in [-0.2, -0.15) is 4.79 Å². The van der Waals surface area contributed by atoms with Crippen LogP contribution in [0.25, 0.3) is 5.53 Å². The molecule has 0 amide bonds. The summed E-state index contributed by atoms with van der Waals surface area (Å²) in [6, 6.07) is 0. The molecular formula is C6H6N2O3S. The molecule has 5 nitrogen and oxygen atoms in total. The van der Waals surface area contributed by atoms with Crippen LogP contribution in [0, 0.1) is 0 Å². The molecule has 0 fully saturated rings. The van der Waals surface area contributed by atoms with Crippen LogP contribution in [0.1, 0.15) is 12.8 Å². The highest BCUT2D eigenvalue weighted by atomic mass is 32.2. The topological polar surface area (TPSA) is 90.8 Å². The summed E-state index contributed by atoms with van der Waals surface area (Å²) in [7, 11) is 0. The van der Waals surface area contributed by atoms with Gasteiger partial charge in [0.15, 0.2) is 11.1 Å². The molecule has 6 heteroatoms. The predicted octanol–water partition coefficient (Wildman–Crippen LogP) is 0.126. The van der Waals surface area contributed by atoms with Crippen molar-refractivity contribution in [1.82, 2.24) is 0 Å². The molecule has 12 heavy (non-hydrogen) atoms. The number of Topliss-reactive ketones (excluding diaryl/α,β-unsaturated/α-hetero) is 1. The van der Waals surface area contributed by atoms with Crippen LogP contribution in [-0.4, -0.2) is 25.0 Å². The van der Waals surface area contributed by atoms with E-state index in [2.05, 4.69) is 4.79 Å². The molecule has 0 bridgehead atoms. The summed E-state index contributed by atoms with van der Waals surface area (Å²) in [4.78, 5) is 13.8. The third kappa shape index (κ3) is 1.73. The minimum atomic E-state index is -2.07. The molecule has 0 saturated heterocycles. The van der Waals surface area contributed by atoms with Gasteiger partial charge in [0.1, 0.15) is 0 Å². The fourth-order valence-electron chi connectivity index (χ4n) is 0.892. The Bertz CT molecular complexity index is 328. The first-order chi connectivity index (χ1) is 5.65. The summed E-state index contributed by atoms with van der Waals surface area (Å²) in [5.41, 5.74) is 8.15. The number of ketones is 1. The van der Waals surface area contributed by atoms with Crippen molar-refractivity contribution < 1.29 is 18.3 Å². The van der Waals surface area contributed by atoms with Gasteiger partial charge in [0.25, 0.3) is 0 Å². The van der Waals surface area contributed by atoms with Crippen molar-refractivity contribution in [2.75, 3.05) is 0 Å². The second-order valence-electron chi connectivity index (χ2n) is 2.27. The van der Waals surface area contributed by atoms with Crippen molar-refractivity contribution in [3.8, 4) is 0 Å². The van der Waals surface area contributed by atoms with E-state index < -0.39 is 11.1 Å². The molecule has 1 unspecified atom stereocenters. The summed E-state index contributed by atoms with van der Waals surface area (Å²) in [5.74, 6) is -0.313. The van der Waals surface area contributed by atoms with Crippen LogP contribution in [-0.2, 0) is 15.9 Å². The maximum Gasteiger partial charge on any atom is 0.358 e. The van der Waals surface area contributed by atoms with Crippen molar-refractivity contribution in [2.45, 2.75) is 12.8 Å². The average molecular weight is 186 g/mol. The zero-order valence-corrected chi connectivity index (χ0v) is 6.87. The Balaban J connectivity index is 3.04. The van der Waals surface area contributed by atoms with E-state index in [-0.39, 0.29) is 29.2 Å². The van der Waals surface area contributed by atoms with Crippen LogP contribution in [0.15, 0.2) is 11.0 Å². The normalized spacial score (nSPS) is 19.9. The smallest absolute Gasteiger partial charge is 0.358 e. The molecule has 1 aliphatic carbocycles. The molecular weight excluding hydrogens is 180 g/mol. The molecule has 1 N–H and O–H groups in total. The van der Waals surface area contributed by atoms with Crippen molar-refractivity contribution in [3.63, 3.8) is 0 Å². The molecule has 0 aliphatic heterocycles. The monoisotopic (exact) mass is 186 g/mol. The van der Waals surface area contributed by atoms with Gasteiger partial charge >= 0.3 is 5.71 Å². The molecule has 0 aromatic rings. The molecule has 0 saturated carbocycles. The summed E-state index contributed by atoms with van der Waals surface area (Å²) >= 11 is -2.07. The number of carbonyl (C=O) groups excluding carboxylic acids is 1. The molecule has 64 valence electrons. The lowest BCUT2D eigenvalue weighted by Crippen LogP contribution is -2.19. The van der Waals surface area contributed by atoms with Gasteiger partial charge in [-0.15, -0.1) is 0 Å². The highest BCUT2D eigenvalue weighted by Gasteiger charge is 2.25. The van der Waals surface area contributed by atoms with Crippen molar-refractivity contribution in [1.29, 1.82) is 0 Å². The van der Waals surface area contributed by atoms with Gasteiger partial charge in [-0.1, -0.05) is 0 Å². The Morgan fingerprint density at radius 2 is 2.25 bits per heavy atom. The third-order valence-electron chi connectivity index (χ3n) is 1.51. The van der Waals surface area contributed by atoms with Crippen LogP contribution in [0.5, 0.6) is 0 Å². The maximum atomic E-state index is 10.9. The summed E-state index contributed by atoms with van der Waals surface area (Å²) in [5, 5.41) is 0. The Labute approximate surface area is 71.0 Å². The summed E-state index contributed by atoms with van der Waals surface area (Å²) in [6.07, 6.45) is 1.51. The molecule has 1 rings (SSSR count). The zero-order valence-electron chi connectivity index (χ0n) is 6.06. The van der Waals surface area contributed by atoms with Gasteiger partial charge in [-0.05, 0) is 6.42 Å². The van der Waals surface area contributed by atoms with Gasteiger partial charge in [-0.3, -0.25) is 4.79 Å². The lowest BCUT2D eigenvalue weighted by atomic mass is 10.0. The first-order valence-corrected chi connectivity index (χ1v) is 4.32. The quantitative estimate of drug-likeness (QED) is 0.358. The molecule has 1 aliphatic rings. The fraction of sp³-hybridized carbons (Fsp3) is 0.333. The van der Waals surface area contributed by atoms with E-state index in [1.165, 1.54) is 0 Å². The molecule has 0 radical (unpaired) electrons. The van der Waals surface area contributed by atoms with Crippen molar-refractivity contribution in [2.24, 2.45) is 0 Å². The lowest BCUT2D eigenvalue weighted by molar-refractivity contribution is -0.117. The summed E-state index contributed by atoms with van der Waals surface area (Å²) < 4.78 is 19.2. The average Bonchev–Trinajstić information content (AvgIpc) is 2.05. The van der Waals surface area contributed by atoms with E-state index in [9.17, 15) is 9.00 Å². The molecule has 0 aromatic heterocycles. The Morgan fingerprint density at radius 1 is 1.58 bits per heavy atom. The minimum Gasteiger partial charge on any atom is -0.361 e. The largest absolute Gasteiger partial charge is 0.361 e. The van der Waals surface area contributed by atoms with Gasteiger partial charge in [0, 0.05) is 12.5 Å². The summed E-state index contributed by atoms with van der Waals surface area (Å²) in [6.45, 7) is 0. The maximum absolute atomic E-state index is 10.9. The Morgan fingerprint density at radius 3 is 2.75 bits per heavy atom. The molecule has 0 heterocycles. The number of hydrogen-bond acceptors (Lipinski definition) is 2. The second-order valence-corrected chi connectivity index (χ2v) is 3.29. The van der Waals surface area contributed by atoms with Crippen molar-refractivity contribution >= 4 is 22.6 Å². The van der Waals surface area contributed by atoms with Crippen LogP contribution in [0.4, 0.5) is 0 Å². The highest BCUT2D eigenvalue weighted by Crippen LogP contribution is 2.14. The molecule has 0 spiro atoms.